The Morgan fingerprint density at radius 1 is 1.55 bits per heavy atom. The van der Waals surface area contributed by atoms with Crippen molar-refractivity contribution in [2.24, 2.45) is 5.92 Å². The maximum Gasteiger partial charge on any atom is 0.310 e. The van der Waals surface area contributed by atoms with Crippen LogP contribution in [0, 0.1) is 12.8 Å². The quantitative estimate of drug-likeness (QED) is 0.806. The fraction of sp³-hybridized carbons (Fsp3) is 0.667. The third-order valence-electron chi connectivity index (χ3n) is 3.49. The number of esters is 1. The highest BCUT2D eigenvalue weighted by molar-refractivity contribution is 7.90. The molecule has 1 saturated carbocycles. The van der Waals surface area contributed by atoms with Crippen LogP contribution in [0.4, 0.5) is 0 Å². The van der Waals surface area contributed by atoms with Crippen LogP contribution in [0.5, 0.6) is 0 Å². The summed E-state index contributed by atoms with van der Waals surface area (Å²) in [6.07, 6.45) is 1.71. The first-order valence-corrected chi connectivity index (χ1v) is 7.97. The Bertz CT molecular complexity index is 580. The number of rotatable bonds is 5. The van der Waals surface area contributed by atoms with Crippen LogP contribution in [0.15, 0.2) is 10.6 Å². The Morgan fingerprint density at radius 3 is 2.90 bits per heavy atom. The number of aromatic nitrogens is 1. The van der Waals surface area contributed by atoms with Gasteiger partial charge in [0.1, 0.15) is 5.76 Å². The molecule has 8 heteroatoms. The van der Waals surface area contributed by atoms with Crippen molar-refractivity contribution >= 4 is 16.0 Å². The SMILES string of the molecule is COC(=O)C1CCCC1S(=O)(=O)NCc1cc(C)on1. The van der Waals surface area contributed by atoms with Crippen molar-refractivity contribution in [2.45, 2.75) is 38.0 Å². The fourth-order valence-corrected chi connectivity index (χ4v) is 4.22. The van der Waals surface area contributed by atoms with Gasteiger partial charge in [-0.1, -0.05) is 11.6 Å². The maximum absolute atomic E-state index is 12.3. The molecule has 1 aliphatic carbocycles. The molecule has 0 bridgehead atoms. The number of aryl methyl sites for hydroxylation is 1. The van der Waals surface area contributed by atoms with E-state index >= 15 is 0 Å². The average Bonchev–Trinajstić information content (AvgIpc) is 3.04. The smallest absolute Gasteiger partial charge is 0.310 e. The molecule has 7 nitrogen and oxygen atoms in total. The number of ether oxygens (including phenoxy) is 1. The number of hydrogen-bond acceptors (Lipinski definition) is 6. The molecule has 20 heavy (non-hydrogen) atoms. The van der Waals surface area contributed by atoms with Crippen LogP contribution >= 0.6 is 0 Å². The lowest BCUT2D eigenvalue weighted by atomic mass is 10.1. The van der Waals surface area contributed by atoms with E-state index in [1.807, 2.05) is 0 Å². The first kappa shape index (κ1) is 15.0. The van der Waals surface area contributed by atoms with Crippen LogP contribution in [0.1, 0.15) is 30.7 Å². The van der Waals surface area contributed by atoms with Crippen molar-refractivity contribution in [3.63, 3.8) is 0 Å². The summed E-state index contributed by atoms with van der Waals surface area (Å²) in [6.45, 7) is 1.79. The zero-order chi connectivity index (χ0) is 14.8. The van der Waals surface area contributed by atoms with E-state index in [1.54, 1.807) is 13.0 Å². The summed E-state index contributed by atoms with van der Waals surface area (Å²) in [5.41, 5.74) is 0.513. The zero-order valence-corrected chi connectivity index (χ0v) is 12.3. The molecule has 0 saturated heterocycles. The number of nitrogens with zero attached hydrogens (tertiary/aromatic N) is 1. The van der Waals surface area contributed by atoms with Crippen LogP contribution in [0.3, 0.4) is 0 Å². The van der Waals surface area contributed by atoms with Crippen LogP contribution in [-0.2, 0) is 26.1 Å². The summed E-state index contributed by atoms with van der Waals surface area (Å²) in [5.74, 6) is -0.431. The highest BCUT2D eigenvalue weighted by atomic mass is 32.2. The van der Waals surface area contributed by atoms with Gasteiger partial charge in [-0.05, 0) is 19.8 Å². The van der Waals surface area contributed by atoms with E-state index in [-0.39, 0.29) is 6.54 Å². The molecule has 1 aromatic rings. The number of carbonyl (C=O) groups is 1. The summed E-state index contributed by atoms with van der Waals surface area (Å²) in [7, 11) is -2.31. The van der Waals surface area contributed by atoms with Gasteiger partial charge in [0, 0.05) is 6.07 Å². The standard InChI is InChI=1S/C12H18N2O5S/c1-8-6-9(14-19-8)7-13-20(16,17)11-5-3-4-10(11)12(15)18-2/h6,10-11,13H,3-5,7H2,1-2H3. The third-order valence-corrected chi connectivity index (χ3v) is 5.39. The lowest BCUT2D eigenvalue weighted by Crippen LogP contribution is -2.39. The van der Waals surface area contributed by atoms with E-state index in [1.165, 1.54) is 7.11 Å². The van der Waals surface area contributed by atoms with Crippen molar-refractivity contribution in [3.8, 4) is 0 Å². The van der Waals surface area contributed by atoms with Gasteiger partial charge in [-0.2, -0.15) is 0 Å². The minimum absolute atomic E-state index is 0.0596. The predicted octanol–water partition coefficient (Wildman–Crippen LogP) is 0.744. The monoisotopic (exact) mass is 302 g/mol. The fourth-order valence-electron chi connectivity index (χ4n) is 2.50. The lowest BCUT2D eigenvalue weighted by Gasteiger charge is -2.18. The topological polar surface area (TPSA) is 98.5 Å². The number of nitrogens with one attached hydrogen (secondary N) is 1. The van der Waals surface area contributed by atoms with E-state index in [4.69, 9.17) is 4.52 Å². The molecule has 0 radical (unpaired) electrons. The minimum Gasteiger partial charge on any atom is -0.469 e. The van der Waals surface area contributed by atoms with Crippen molar-refractivity contribution in [1.29, 1.82) is 0 Å². The van der Waals surface area contributed by atoms with Crippen LogP contribution < -0.4 is 4.72 Å². The van der Waals surface area contributed by atoms with E-state index in [0.29, 0.717) is 30.7 Å². The van der Waals surface area contributed by atoms with Crippen LogP contribution in [0.25, 0.3) is 0 Å². The van der Waals surface area contributed by atoms with Gasteiger partial charge in [-0.25, -0.2) is 13.1 Å². The van der Waals surface area contributed by atoms with Crippen LogP contribution in [-0.4, -0.2) is 31.9 Å². The summed E-state index contributed by atoms with van der Waals surface area (Å²) >= 11 is 0. The Hall–Kier alpha value is -1.41. The van der Waals surface area contributed by atoms with E-state index in [9.17, 15) is 13.2 Å². The van der Waals surface area contributed by atoms with Gasteiger partial charge in [0.05, 0.1) is 30.5 Å². The highest BCUT2D eigenvalue weighted by Gasteiger charge is 2.42. The molecule has 2 unspecified atom stereocenters. The van der Waals surface area contributed by atoms with Gasteiger partial charge in [0.15, 0.2) is 0 Å². The molecule has 1 heterocycles. The molecule has 2 atom stereocenters. The van der Waals surface area contributed by atoms with Gasteiger partial charge < -0.3 is 9.26 Å². The number of carbonyl (C=O) groups excluding carboxylic acids is 1. The second-order valence-corrected chi connectivity index (χ2v) is 6.88. The molecule has 0 aromatic carbocycles. The molecule has 112 valence electrons. The second kappa shape index (κ2) is 5.92. The Labute approximate surface area is 117 Å². The van der Waals surface area contributed by atoms with E-state index in [2.05, 4.69) is 14.6 Å². The predicted molar refractivity (Wildman–Crippen MR) is 70.1 cm³/mol. The van der Waals surface area contributed by atoms with Gasteiger partial charge in [-0.3, -0.25) is 4.79 Å². The summed E-state index contributed by atoms with van der Waals surface area (Å²) in [4.78, 5) is 11.6. The van der Waals surface area contributed by atoms with Crippen molar-refractivity contribution < 1.29 is 22.5 Å². The first-order chi connectivity index (χ1) is 9.44. The molecule has 0 aliphatic heterocycles. The molecule has 2 rings (SSSR count). The lowest BCUT2D eigenvalue weighted by molar-refractivity contribution is -0.145. The molecule has 1 N–H and O–H groups in total. The van der Waals surface area contributed by atoms with Crippen molar-refractivity contribution in [1.82, 2.24) is 9.88 Å². The Kier molecular flexibility index (Phi) is 4.44. The molecular weight excluding hydrogens is 284 g/mol. The first-order valence-electron chi connectivity index (χ1n) is 6.42. The second-order valence-electron chi connectivity index (χ2n) is 4.89. The normalized spacial score (nSPS) is 22.9. The molecule has 0 spiro atoms. The zero-order valence-electron chi connectivity index (χ0n) is 11.5. The molecule has 1 aromatic heterocycles. The summed E-state index contributed by atoms with van der Waals surface area (Å²) < 4.78 is 36.6. The molecule has 0 amide bonds. The number of hydrogen-bond donors (Lipinski definition) is 1. The third kappa shape index (κ3) is 3.18. The van der Waals surface area contributed by atoms with Gasteiger partial charge in [-0.15, -0.1) is 0 Å². The molecule has 1 fully saturated rings. The number of sulfonamides is 1. The van der Waals surface area contributed by atoms with Gasteiger partial charge in [0.2, 0.25) is 10.0 Å². The Balaban J connectivity index is 2.04. The van der Waals surface area contributed by atoms with Crippen molar-refractivity contribution in [3.05, 3.63) is 17.5 Å². The van der Waals surface area contributed by atoms with E-state index < -0.39 is 27.2 Å². The largest absolute Gasteiger partial charge is 0.469 e. The average molecular weight is 302 g/mol. The number of methoxy groups -OCH3 is 1. The van der Waals surface area contributed by atoms with Crippen molar-refractivity contribution in [2.75, 3.05) is 7.11 Å². The van der Waals surface area contributed by atoms with Gasteiger partial charge in [0.25, 0.3) is 0 Å². The molecular formula is C12H18N2O5S. The van der Waals surface area contributed by atoms with Gasteiger partial charge >= 0.3 is 5.97 Å². The van der Waals surface area contributed by atoms with E-state index in [0.717, 1.165) is 0 Å². The Morgan fingerprint density at radius 2 is 2.30 bits per heavy atom. The summed E-state index contributed by atoms with van der Waals surface area (Å²) in [6, 6.07) is 1.66. The van der Waals surface area contributed by atoms with Crippen LogP contribution in [0.2, 0.25) is 0 Å². The highest BCUT2D eigenvalue weighted by Crippen LogP contribution is 2.31. The summed E-state index contributed by atoms with van der Waals surface area (Å²) in [5, 5.41) is 2.99. The molecule has 1 aliphatic rings. The maximum atomic E-state index is 12.3. The minimum atomic E-state index is -3.59.